The van der Waals surface area contributed by atoms with Crippen LogP contribution in [0.1, 0.15) is 54.2 Å². The van der Waals surface area contributed by atoms with Crippen molar-refractivity contribution in [3.05, 3.63) is 71.5 Å². The van der Waals surface area contributed by atoms with Gasteiger partial charge in [0.1, 0.15) is 23.8 Å². The predicted molar refractivity (Wildman–Crippen MR) is 144 cm³/mol. The second-order valence-corrected chi connectivity index (χ2v) is 15.2. The van der Waals surface area contributed by atoms with Gasteiger partial charge in [-0.15, -0.1) is 0 Å². The highest BCUT2D eigenvalue weighted by Gasteiger charge is 2.27. The van der Waals surface area contributed by atoms with E-state index in [0.29, 0.717) is 29.4 Å². The van der Waals surface area contributed by atoms with Crippen LogP contribution in [0.15, 0.2) is 54.7 Å². The maximum absolute atomic E-state index is 13.3. The lowest BCUT2D eigenvalue weighted by molar-refractivity contribution is -0.0144. The van der Waals surface area contributed by atoms with Crippen LogP contribution >= 0.6 is 0 Å². The topological polar surface area (TPSA) is 82.7 Å². The first kappa shape index (κ1) is 27.5. The predicted octanol–water partition coefficient (Wildman–Crippen LogP) is 6.41. The smallest absolute Gasteiger partial charge is 0.296 e. The Morgan fingerprint density at radius 3 is 2.53 bits per heavy atom. The summed E-state index contributed by atoms with van der Waals surface area (Å²) in [4.78, 5) is 20.5. The molecule has 1 atom stereocenters. The fraction of sp³-hybridized carbons (Fsp3) is 0.429. The van der Waals surface area contributed by atoms with E-state index in [1.54, 1.807) is 25.3 Å². The molecule has 0 radical (unpaired) electrons. The highest BCUT2D eigenvalue weighted by atomic mass is 28.3. The van der Waals surface area contributed by atoms with E-state index in [-0.39, 0.29) is 24.3 Å². The van der Waals surface area contributed by atoms with Crippen LogP contribution < -0.4 is 14.2 Å². The maximum Gasteiger partial charge on any atom is 0.296 e. The van der Waals surface area contributed by atoms with Gasteiger partial charge in [0.25, 0.3) is 6.01 Å². The van der Waals surface area contributed by atoms with Crippen LogP contribution in [0.4, 0.5) is 0 Å². The number of ether oxygens (including phenoxy) is 4. The minimum absolute atomic E-state index is 0.0934. The van der Waals surface area contributed by atoms with Gasteiger partial charge in [-0.3, -0.25) is 4.79 Å². The van der Waals surface area contributed by atoms with Crippen LogP contribution in [0, 0.1) is 0 Å². The molecule has 3 rings (SSSR count). The lowest BCUT2D eigenvalue weighted by Gasteiger charge is -2.28. The van der Waals surface area contributed by atoms with E-state index in [4.69, 9.17) is 18.9 Å². The van der Waals surface area contributed by atoms with Crippen LogP contribution in [-0.2, 0) is 11.3 Å². The van der Waals surface area contributed by atoms with Crippen LogP contribution in [0.2, 0.25) is 19.6 Å². The van der Waals surface area contributed by atoms with Gasteiger partial charge < -0.3 is 23.9 Å². The van der Waals surface area contributed by atoms with Crippen molar-refractivity contribution in [2.75, 3.05) is 13.9 Å². The van der Waals surface area contributed by atoms with Gasteiger partial charge in [0.05, 0.1) is 32.7 Å². The maximum atomic E-state index is 13.3. The van der Waals surface area contributed by atoms with Gasteiger partial charge >= 0.3 is 0 Å². The molecule has 0 amide bonds. The summed E-state index contributed by atoms with van der Waals surface area (Å²) >= 11 is 0. The number of imidazole rings is 1. The highest BCUT2D eigenvalue weighted by Crippen LogP contribution is 2.28. The van der Waals surface area contributed by atoms with Crippen molar-refractivity contribution in [3.63, 3.8) is 0 Å². The van der Waals surface area contributed by atoms with Crippen molar-refractivity contribution in [3.8, 4) is 17.5 Å². The molecule has 3 aromatic rings. The van der Waals surface area contributed by atoms with Crippen molar-refractivity contribution < 1.29 is 23.7 Å². The fourth-order valence-electron chi connectivity index (χ4n) is 3.83. The van der Waals surface area contributed by atoms with Crippen LogP contribution in [0.5, 0.6) is 17.5 Å². The standard InChI is InChI=1S/C28H38N2O5Si/c1-6-7-9-14-26(36(3,4)5)34-20-35-28-29-18-24(30-28)27(31)23-16-15-22(32-2)17-25(23)33-19-21-12-10-8-11-13-21/h8,10-13,15-18,26H,6-7,9,14,19-20H2,1-5H3,(H,29,30). The average molecular weight is 511 g/mol. The summed E-state index contributed by atoms with van der Waals surface area (Å²) < 4.78 is 23.1. The third-order valence-electron chi connectivity index (χ3n) is 5.97. The second kappa shape index (κ2) is 13.3. The third-order valence-corrected chi connectivity index (χ3v) is 8.36. The minimum atomic E-state index is -1.49. The summed E-state index contributed by atoms with van der Waals surface area (Å²) in [6.07, 6.45) is 6.06. The number of hydrogen-bond donors (Lipinski definition) is 1. The zero-order valence-electron chi connectivity index (χ0n) is 22.0. The first-order valence-corrected chi connectivity index (χ1v) is 16.1. The molecule has 2 aromatic carbocycles. The van der Waals surface area contributed by atoms with E-state index in [2.05, 4.69) is 36.5 Å². The number of aromatic amines is 1. The average Bonchev–Trinajstić information content (AvgIpc) is 3.35. The van der Waals surface area contributed by atoms with E-state index in [1.165, 1.54) is 19.0 Å². The zero-order chi connectivity index (χ0) is 26.0. The van der Waals surface area contributed by atoms with Crippen LogP contribution in [-0.4, -0.2) is 43.5 Å². The lowest BCUT2D eigenvalue weighted by atomic mass is 10.1. The Morgan fingerprint density at radius 1 is 1.06 bits per heavy atom. The molecule has 0 aliphatic rings. The highest BCUT2D eigenvalue weighted by molar-refractivity contribution is 6.77. The Balaban J connectivity index is 1.65. The van der Waals surface area contributed by atoms with E-state index in [0.717, 1.165) is 18.4 Å². The third kappa shape index (κ3) is 7.96. The summed E-state index contributed by atoms with van der Waals surface area (Å²) in [6, 6.07) is 15.2. The number of unbranched alkanes of at least 4 members (excludes halogenated alkanes) is 2. The second-order valence-electron chi connectivity index (χ2n) is 9.85. The number of nitrogens with zero attached hydrogens (tertiary/aromatic N) is 1. The van der Waals surface area contributed by atoms with Crippen LogP contribution in [0.25, 0.3) is 0 Å². The SMILES string of the molecule is CCCCCC(OCOc1ncc(C(=O)c2ccc(OC)cc2OCc2ccccc2)[nH]1)[Si](C)(C)C. The molecule has 0 fully saturated rings. The van der Waals surface area contributed by atoms with Gasteiger partial charge in [0.15, 0.2) is 6.79 Å². The molecule has 0 spiro atoms. The normalized spacial score (nSPS) is 12.2. The Labute approximate surface area is 215 Å². The Hall–Kier alpha value is -3.10. The van der Waals surface area contributed by atoms with Crippen molar-refractivity contribution in [1.29, 1.82) is 0 Å². The summed E-state index contributed by atoms with van der Waals surface area (Å²) in [7, 11) is 0.0888. The number of carbonyl (C=O) groups excluding carboxylic acids is 1. The first-order chi connectivity index (χ1) is 17.3. The van der Waals surface area contributed by atoms with Gasteiger partial charge in [-0.25, -0.2) is 4.98 Å². The molecule has 0 saturated carbocycles. The molecule has 36 heavy (non-hydrogen) atoms. The number of carbonyl (C=O) groups is 1. The quantitative estimate of drug-likeness (QED) is 0.110. The molecule has 0 aliphatic heterocycles. The van der Waals surface area contributed by atoms with Crippen molar-refractivity contribution in [1.82, 2.24) is 9.97 Å². The van der Waals surface area contributed by atoms with Gasteiger partial charge in [0.2, 0.25) is 5.78 Å². The fourth-order valence-corrected chi connectivity index (χ4v) is 5.46. The summed E-state index contributed by atoms with van der Waals surface area (Å²) in [5.74, 6) is 0.800. The van der Waals surface area contributed by atoms with Gasteiger partial charge in [-0.2, -0.15) is 0 Å². The van der Waals surface area contributed by atoms with Gasteiger partial charge in [-0.05, 0) is 24.1 Å². The molecule has 1 N–H and O–H groups in total. The summed E-state index contributed by atoms with van der Waals surface area (Å²) in [5.41, 5.74) is 1.93. The first-order valence-electron chi connectivity index (χ1n) is 12.5. The Kier molecular flexibility index (Phi) is 10.1. The summed E-state index contributed by atoms with van der Waals surface area (Å²) in [5, 5.41) is 0. The number of ketones is 1. The van der Waals surface area contributed by atoms with E-state index in [1.807, 2.05) is 30.3 Å². The van der Waals surface area contributed by atoms with Crippen molar-refractivity contribution in [2.45, 2.75) is 64.6 Å². The largest absolute Gasteiger partial charge is 0.497 e. The minimum Gasteiger partial charge on any atom is -0.497 e. The number of methoxy groups -OCH3 is 1. The van der Waals surface area contributed by atoms with E-state index in [9.17, 15) is 4.79 Å². The number of aromatic nitrogens is 2. The molecular weight excluding hydrogens is 472 g/mol. The van der Waals surface area contributed by atoms with Gasteiger partial charge in [0, 0.05) is 6.07 Å². The molecule has 0 aliphatic carbocycles. The zero-order valence-corrected chi connectivity index (χ0v) is 23.0. The molecule has 1 aromatic heterocycles. The molecule has 8 heteroatoms. The molecule has 194 valence electrons. The van der Waals surface area contributed by atoms with E-state index < -0.39 is 8.07 Å². The van der Waals surface area contributed by atoms with Gasteiger partial charge in [-0.1, -0.05) is 76.2 Å². The Morgan fingerprint density at radius 2 is 1.83 bits per heavy atom. The number of nitrogens with one attached hydrogen (secondary N) is 1. The monoisotopic (exact) mass is 510 g/mol. The molecule has 0 bridgehead atoms. The number of H-pyrrole nitrogens is 1. The van der Waals surface area contributed by atoms with Crippen LogP contribution in [0.3, 0.4) is 0 Å². The number of hydrogen-bond acceptors (Lipinski definition) is 6. The molecular formula is C28H38N2O5Si. The lowest BCUT2D eigenvalue weighted by Crippen LogP contribution is -2.41. The molecule has 1 heterocycles. The van der Waals surface area contributed by atoms with E-state index >= 15 is 0 Å². The Bertz CT molecular complexity index is 1090. The molecule has 1 unspecified atom stereocenters. The van der Waals surface area contributed by atoms with Crippen molar-refractivity contribution >= 4 is 13.9 Å². The number of rotatable bonds is 15. The van der Waals surface area contributed by atoms with Crippen molar-refractivity contribution in [2.24, 2.45) is 0 Å². The summed E-state index contributed by atoms with van der Waals surface area (Å²) in [6.45, 7) is 9.54. The number of benzene rings is 2. The molecule has 0 saturated heterocycles. The molecule has 7 nitrogen and oxygen atoms in total.